The monoisotopic (exact) mass is 272 g/mol. The first-order chi connectivity index (χ1) is 9.60. The maximum Gasteiger partial charge on any atom is 0.262 e. The molecule has 0 heterocycles. The minimum Gasteiger partial charge on any atom is -0.494 e. The molecule has 1 aromatic carbocycles. The highest BCUT2D eigenvalue weighted by atomic mass is 16.5. The normalized spacial score (nSPS) is 12.4. The van der Waals surface area contributed by atoms with Gasteiger partial charge in [-0.15, -0.1) is 0 Å². The number of ether oxygens (including phenoxy) is 1. The van der Waals surface area contributed by atoms with Crippen LogP contribution in [-0.4, -0.2) is 18.6 Å². The maximum atomic E-state index is 11.9. The van der Waals surface area contributed by atoms with Gasteiger partial charge in [0.25, 0.3) is 5.91 Å². The van der Waals surface area contributed by atoms with Gasteiger partial charge < -0.3 is 10.1 Å². The second kappa shape index (κ2) is 8.00. The summed E-state index contributed by atoms with van der Waals surface area (Å²) in [7, 11) is 0. The first kappa shape index (κ1) is 15.8. The molecule has 0 bridgehead atoms. The quantitative estimate of drug-likeness (QED) is 0.639. The van der Waals surface area contributed by atoms with Crippen LogP contribution >= 0.6 is 0 Å². The summed E-state index contributed by atoms with van der Waals surface area (Å²) in [5, 5.41) is 11.9. The number of nitriles is 1. The van der Waals surface area contributed by atoms with E-state index in [0.717, 1.165) is 17.7 Å². The topological polar surface area (TPSA) is 62.1 Å². The molecular weight excluding hydrogens is 252 g/mol. The van der Waals surface area contributed by atoms with Gasteiger partial charge in [0.05, 0.1) is 6.61 Å². The zero-order chi connectivity index (χ0) is 15.0. The van der Waals surface area contributed by atoms with Crippen LogP contribution in [-0.2, 0) is 4.79 Å². The third kappa shape index (κ3) is 4.77. The zero-order valence-corrected chi connectivity index (χ0v) is 12.1. The lowest BCUT2D eigenvalue weighted by Crippen LogP contribution is -2.32. The van der Waals surface area contributed by atoms with E-state index < -0.39 is 0 Å². The van der Waals surface area contributed by atoms with E-state index in [-0.39, 0.29) is 17.5 Å². The first-order valence-electron chi connectivity index (χ1n) is 6.76. The molecule has 1 aromatic rings. The van der Waals surface area contributed by atoms with Gasteiger partial charge in [-0.1, -0.05) is 19.1 Å². The molecule has 0 unspecified atom stereocenters. The van der Waals surface area contributed by atoms with Gasteiger partial charge in [-0.05, 0) is 44.0 Å². The molecule has 106 valence electrons. The fourth-order valence-corrected chi connectivity index (χ4v) is 1.58. The Morgan fingerprint density at radius 1 is 1.50 bits per heavy atom. The van der Waals surface area contributed by atoms with Crippen LogP contribution in [0.2, 0.25) is 0 Å². The van der Waals surface area contributed by atoms with Crippen molar-refractivity contribution < 1.29 is 9.53 Å². The van der Waals surface area contributed by atoms with Crippen LogP contribution < -0.4 is 10.1 Å². The molecule has 0 fully saturated rings. The Bertz CT molecular complexity index is 530. The molecule has 1 amide bonds. The predicted molar refractivity (Wildman–Crippen MR) is 79.1 cm³/mol. The van der Waals surface area contributed by atoms with Gasteiger partial charge in [0.15, 0.2) is 0 Å². The van der Waals surface area contributed by atoms with E-state index in [1.54, 1.807) is 12.1 Å². The Balaban J connectivity index is 2.91. The van der Waals surface area contributed by atoms with E-state index in [1.807, 2.05) is 45.0 Å². The van der Waals surface area contributed by atoms with Gasteiger partial charge >= 0.3 is 0 Å². The molecule has 0 radical (unpaired) electrons. The summed E-state index contributed by atoms with van der Waals surface area (Å²) >= 11 is 0. The predicted octanol–water partition coefficient (Wildman–Crippen LogP) is 2.91. The van der Waals surface area contributed by atoms with Gasteiger partial charge in [-0.2, -0.15) is 5.26 Å². The molecule has 0 spiro atoms. The van der Waals surface area contributed by atoms with Crippen LogP contribution in [0.3, 0.4) is 0 Å². The Labute approximate surface area is 120 Å². The van der Waals surface area contributed by atoms with Gasteiger partial charge in [0, 0.05) is 6.04 Å². The lowest BCUT2D eigenvalue weighted by atomic mass is 10.1. The largest absolute Gasteiger partial charge is 0.494 e. The number of nitrogens with one attached hydrogen (secondary N) is 1. The van der Waals surface area contributed by atoms with Crippen LogP contribution in [0.4, 0.5) is 0 Å². The third-order valence-electron chi connectivity index (χ3n) is 2.84. The summed E-state index contributed by atoms with van der Waals surface area (Å²) in [6, 6.07) is 9.29. The molecule has 0 aliphatic heterocycles. The first-order valence-corrected chi connectivity index (χ1v) is 6.76. The van der Waals surface area contributed by atoms with Crippen molar-refractivity contribution >= 4 is 12.0 Å². The molecule has 4 heteroatoms. The molecule has 20 heavy (non-hydrogen) atoms. The fourth-order valence-electron chi connectivity index (χ4n) is 1.58. The van der Waals surface area contributed by atoms with E-state index >= 15 is 0 Å². The van der Waals surface area contributed by atoms with Crippen LogP contribution in [0.1, 0.15) is 32.8 Å². The Kier molecular flexibility index (Phi) is 6.31. The molecule has 0 aliphatic carbocycles. The van der Waals surface area contributed by atoms with Crippen molar-refractivity contribution in [1.82, 2.24) is 5.32 Å². The molecule has 1 N–H and O–H groups in total. The molecule has 0 saturated heterocycles. The Morgan fingerprint density at radius 3 is 2.85 bits per heavy atom. The Hall–Kier alpha value is -2.28. The SMILES string of the molecule is CCOc1cccc(/C=C(\C#N)C(=O)N[C@H](C)CC)c1. The second-order valence-corrected chi connectivity index (χ2v) is 4.46. The summed E-state index contributed by atoms with van der Waals surface area (Å²) in [6.07, 6.45) is 2.39. The number of carbonyl (C=O) groups is 1. The van der Waals surface area contributed by atoms with Gasteiger partial charge in [0.2, 0.25) is 0 Å². The number of amides is 1. The fraction of sp³-hybridized carbons (Fsp3) is 0.375. The molecule has 1 rings (SSSR count). The minimum atomic E-state index is -0.344. The van der Waals surface area contributed by atoms with Crippen molar-refractivity contribution in [3.63, 3.8) is 0 Å². The highest BCUT2D eigenvalue weighted by molar-refractivity contribution is 6.01. The average molecular weight is 272 g/mol. The molecule has 0 saturated carbocycles. The summed E-state index contributed by atoms with van der Waals surface area (Å²) in [5.41, 5.74) is 0.866. The van der Waals surface area contributed by atoms with E-state index in [4.69, 9.17) is 10.00 Å². The summed E-state index contributed by atoms with van der Waals surface area (Å²) in [4.78, 5) is 11.9. The lowest BCUT2D eigenvalue weighted by molar-refractivity contribution is -0.117. The minimum absolute atomic E-state index is 0.0500. The lowest BCUT2D eigenvalue weighted by Gasteiger charge is -2.10. The van der Waals surface area contributed by atoms with E-state index in [0.29, 0.717) is 6.61 Å². The van der Waals surface area contributed by atoms with E-state index in [1.165, 1.54) is 0 Å². The average Bonchev–Trinajstić information content (AvgIpc) is 2.45. The molecule has 4 nitrogen and oxygen atoms in total. The van der Waals surface area contributed by atoms with Crippen molar-refractivity contribution in [2.24, 2.45) is 0 Å². The summed E-state index contributed by atoms with van der Waals surface area (Å²) < 4.78 is 5.39. The van der Waals surface area contributed by atoms with Gasteiger partial charge in [-0.3, -0.25) is 4.79 Å². The highest BCUT2D eigenvalue weighted by Gasteiger charge is 2.11. The number of carbonyl (C=O) groups excluding carboxylic acids is 1. The molecular formula is C16H20N2O2. The number of nitrogens with zero attached hydrogens (tertiary/aromatic N) is 1. The van der Waals surface area contributed by atoms with Crippen molar-refractivity contribution in [3.8, 4) is 11.8 Å². The zero-order valence-electron chi connectivity index (χ0n) is 12.1. The highest BCUT2D eigenvalue weighted by Crippen LogP contribution is 2.16. The summed E-state index contributed by atoms with van der Waals surface area (Å²) in [5.74, 6) is 0.379. The number of rotatable bonds is 6. The van der Waals surface area contributed by atoms with Gasteiger partial charge in [0.1, 0.15) is 17.4 Å². The summed E-state index contributed by atoms with van der Waals surface area (Å²) in [6.45, 7) is 6.37. The van der Waals surface area contributed by atoms with Gasteiger partial charge in [-0.25, -0.2) is 0 Å². The molecule has 0 aliphatic rings. The van der Waals surface area contributed by atoms with E-state index in [2.05, 4.69) is 5.32 Å². The standard InChI is InChI=1S/C16H20N2O2/c1-4-12(3)18-16(19)14(11-17)9-13-7-6-8-15(10-13)20-5-2/h6-10,12H,4-5H2,1-3H3,(H,18,19)/b14-9+/t12-/m1/s1. The van der Waals surface area contributed by atoms with Crippen LogP contribution in [0.15, 0.2) is 29.8 Å². The van der Waals surface area contributed by atoms with Crippen molar-refractivity contribution in [1.29, 1.82) is 5.26 Å². The molecule has 0 aromatic heterocycles. The maximum absolute atomic E-state index is 11.9. The van der Waals surface area contributed by atoms with Crippen LogP contribution in [0.5, 0.6) is 5.75 Å². The van der Waals surface area contributed by atoms with Crippen molar-refractivity contribution in [2.45, 2.75) is 33.2 Å². The van der Waals surface area contributed by atoms with Crippen LogP contribution in [0, 0.1) is 11.3 Å². The number of benzene rings is 1. The van der Waals surface area contributed by atoms with Crippen molar-refractivity contribution in [2.75, 3.05) is 6.61 Å². The Morgan fingerprint density at radius 2 is 2.25 bits per heavy atom. The second-order valence-electron chi connectivity index (χ2n) is 4.46. The smallest absolute Gasteiger partial charge is 0.262 e. The number of hydrogen-bond donors (Lipinski definition) is 1. The van der Waals surface area contributed by atoms with E-state index in [9.17, 15) is 4.79 Å². The third-order valence-corrected chi connectivity index (χ3v) is 2.84. The van der Waals surface area contributed by atoms with Crippen molar-refractivity contribution in [3.05, 3.63) is 35.4 Å². The number of hydrogen-bond acceptors (Lipinski definition) is 3. The molecule has 1 atom stereocenters. The van der Waals surface area contributed by atoms with Crippen LogP contribution in [0.25, 0.3) is 6.08 Å².